The van der Waals surface area contributed by atoms with Crippen molar-refractivity contribution < 1.29 is 4.42 Å². The van der Waals surface area contributed by atoms with E-state index < -0.39 is 8.07 Å². The van der Waals surface area contributed by atoms with Crippen molar-refractivity contribution in [2.75, 3.05) is 0 Å². The second kappa shape index (κ2) is 16.0. The summed E-state index contributed by atoms with van der Waals surface area (Å²) in [7, 11) is -2.92. The average molecular weight is 812 g/mol. The fraction of sp³-hybridized carbons (Fsp3) is 0.0351. The largest absolute Gasteiger partial charge is 0.456 e. The molecule has 10 aromatic rings. The summed E-state index contributed by atoms with van der Waals surface area (Å²) >= 11 is 0. The Bertz CT molecular complexity index is 3190. The molecule has 4 nitrogen and oxygen atoms in total. The molecule has 0 amide bonds. The van der Waals surface area contributed by atoms with E-state index in [2.05, 4.69) is 164 Å². The third kappa shape index (κ3) is 6.69. The lowest BCUT2D eigenvalue weighted by Crippen LogP contribution is -2.68. The Morgan fingerprint density at radius 3 is 1.45 bits per heavy atom. The normalized spacial score (nSPS) is 12.7. The molecule has 1 aliphatic carbocycles. The minimum Gasteiger partial charge on any atom is -0.456 e. The monoisotopic (exact) mass is 811 g/mol. The van der Waals surface area contributed by atoms with Crippen LogP contribution in [0.4, 0.5) is 0 Å². The van der Waals surface area contributed by atoms with Gasteiger partial charge in [-0.15, -0.1) is 0 Å². The highest BCUT2D eigenvalue weighted by Gasteiger charge is 2.44. The number of benzene rings is 8. The smallest absolute Gasteiger partial charge is 0.180 e. The summed E-state index contributed by atoms with van der Waals surface area (Å²) in [6.45, 7) is 0. The van der Waals surface area contributed by atoms with E-state index in [0.29, 0.717) is 17.5 Å². The number of para-hydroxylation sites is 1. The van der Waals surface area contributed by atoms with Crippen LogP contribution >= 0.6 is 0 Å². The number of hydrogen-bond donors (Lipinski definition) is 0. The third-order valence-electron chi connectivity index (χ3n) is 12.1. The Kier molecular flexibility index (Phi) is 9.64. The van der Waals surface area contributed by atoms with Crippen LogP contribution in [0.25, 0.3) is 78.4 Å². The van der Waals surface area contributed by atoms with Gasteiger partial charge in [-0.3, -0.25) is 0 Å². The van der Waals surface area contributed by atoms with Crippen molar-refractivity contribution in [3.8, 4) is 56.4 Å². The zero-order valence-corrected chi connectivity index (χ0v) is 35.0. The molecule has 0 unspecified atom stereocenters. The van der Waals surface area contributed by atoms with Gasteiger partial charge in [-0.25, -0.2) is 15.0 Å². The predicted molar refractivity (Wildman–Crippen MR) is 258 cm³/mol. The molecule has 8 aromatic carbocycles. The number of nitrogens with zero attached hydrogens (tertiary/aromatic N) is 3. The molecule has 1 aliphatic rings. The molecule has 0 saturated carbocycles. The quantitative estimate of drug-likeness (QED) is 0.108. The molecule has 2 heterocycles. The first-order chi connectivity index (χ1) is 30.7. The molecule has 11 rings (SSSR count). The maximum atomic E-state index is 6.84. The Hall–Kier alpha value is -7.73. The molecule has 0 fully saturated rings. The summed E-state index contributed by atoms with van der Waals surface area (Å²) in [4.78, 5) is 15.0. The van der Waals surface area contributed by atoms with Crippen LogP contribution in [0.1, 0.15) is 12.8 Å². The van der Waals surface area contributed by atoms with E-state index in [1.807, 2.05) is 60.7 Å². The van der Waals surface area contributed by atoms with Crippen LogP contribution in [0.5, 0.6) is 0 Å². The standard InChI is InChI=1S/C57H41N3OSi/c1-6-20-40(21-7-1)55-58-56(41-22-8-2-9-23-41)60-57(59-55)45-27-19-25-43(37-45)42-24-18-26-44(36-42)46-38-52-54(50-34-16-17-35-51(50)61-52)53(39-46)62(47-28-10-3-11-29-47,48-30-12-4-13-31-48)49-32-14-5-15-33-49/h1-4,6-14,16-39H,5,15H2. The molecular formula is C57H41N3OSi. The van der Waals surface area contributed by atoms with Gasteiger partial charge in [0.2, 0.25) is 0 Å². The Balaban J connectivity index is 1.09. The van der Waals surface area contributed by atoms with Gasteiger partial charge >= 0.3 is 0 Å². The van der Waals surface area contributed by atoms with Gasteiger partial charge < -0.3 is 4.42 Å². The summed E-state index contributed by atoms with van der Waals surface area (Å²) in [6.07, 6.45) is 9.32. The lowest BCUT2D eigenvalue weighted by Gasteiger charge is -2.37. The summed E-state index contributed by atoms with van der Waals surface area (Å²) in [5.74, 6) is 1.91. The van der Waals surface area contributed by atoms with Crippen molar-refractivity contribution >= 4 is 45.6 Å². The van der Waals surface area contributed by atoms with Crippen LogP contribution in [0, 0.1) is 0 Å². The fourth-order valence-corrected chi connectivity index (χ4v) is 14.3. The predicted octanol–water partition coefficient (Wildman–Crippen LogP) is 12.4. The highest BCUT2D eigenvalue weighted by Crippen LogP contribution is 2.37. The fourth-order valence-electron chi connectivity index (χ4n) is 9.20. The van der Waals surface area contributed by atoms with E-state index in [1.54, 1.807) is 0 Å². The van der Waals surface area contributed by atoms with Gasteiger partial charge in [0, 0.05) is 27.5 Å². The number of allylic oxidation sites excluding steroid dienone is 4. The number of fused-ring (bicyclic) bond motifs is 3. The van der Waals surface area contributed by atoms with Gasteiger partial charge in [0.25, 0.3) is 0 Å². The van der Waals surface area contributed by atoms with E-state index in [9.17, 15) is 0 Å². The summed E-state index contributed by atoms with van der Waals surface area (Å²) in [6, 6.07) is 73.3. The number of furan rings is 1. The maximum absolute atomic E-state index is 6.84. The van der Waals surface area contributed by atoms with Crippen molar-refractivity contribution in [2.45, 2.75) is 12.8 Å². The van der Waals surface area contributed by atoms with Crippen molar-refractivity contribution in [3.63, 3.8) is 0 Å². The number of rotatable bonds is 9. The first-order valence-electron chi connectivity index (χ1n) is 21.2. The highest BCUT2D eigenvalue weighted by molar-refractivity contribution is 7.17. The van der Waals surface area contributed by atoms with Crippen LogP contribution in [-0.2, 0) is 0 Å². The van der Waals surface area contributed by atoms with Crippen molar-refractivity contribution in [3.05, 3.63) is 230 Å². The first-order valence-corrected chi connectivity index (χ1v) is 23.2. The Labute approximate surface area is 362 Å². The molecule has 0 radical (unpaired) electrons. The zero-order valence-electron chi connectivity index (χ0n) is 34.0. The van der Waals surface area contributed by atoms with Gasteiger partial charge in [0.05, 0.1) is 0 Å². The zero-order chi connectivity index (χ0) is 41.3. The van der Waals surface area contributed by atoms with Crippen LogP contribution in [0.15, 0.2) is 234 Å². The summed E-state index contributed by atoms with van der Waals surface area (Å²) < 4.78 is 6.84. The maximum Gasteiger partial charge on any atom is 0.180 e. The van der Waals surface area contributed by atoms with Crippen LogP contribution in [-0.4, -0.2) is 23.0 Å². The Morgan fingerprint density at radius 2 is 0.871 bits per heavy atom. The van der Waals surface area contributed by atoms with Crippen molar-refractivity contribution in [2.24, 2.45) is 0 Å². The van der Waals surface area contributed by atoms with E-state index in [0.717, 1.165) is 68.3 Å². The van der Waals surface area contributed by atoms with Crippen molar-refractivity contribution in [1.29, 1.82) is 0 Å². The van der Waals surface area contributed by atoms with E-state index in [4.69, 9.17) is 19.4 Å². The van der Waals surface area contributed by atoms with E-state index in [1.165, 1.54) is 26.1 Å². The Morgan fingerprint density at radius 1 is 0.387 bits per heavy atom. The van der Waals surface area contributed by atoms with Gasteiger partial charge in [-0.05, 0) is 80.1 Å². The average Bonchev–Trinajstić information content (AvgIpc) is 3.74. The van der Waals surface area contributed by atoms with Crippen LogP contribution < -0.4 is 15.6 Å². The second-order valence-corrected chi connectivity index (χ2v) is 19.6. The van der Waals surface area contributed by atoms with E-state index >= 15 is 0 Å². The minimum atomic E-state index is -2.92. The number of hydrogen-bond acceptors (Lipinski definition) is 4. The van der Waals surface area contributed by atoms with Crippen LogP contribution in [0.3, 0.4) is 0 Å². The SMILES string of the molecule is C1=CC([Si](c2ccccc2)(c2ccccc2)c2cc(-c3cccc(-c4cccc(-c5nc(-c6ccccc6)nc(-c6ccccc6)n5)c4)c3)cc3oc4ccccc4c23)=CCC1. The molecule has 0 aliphatic heterocycles. The molecular weight excluding hydrogens is 771 g/mol. The van der Waals surface area contributed by atoms with Gasteiger partial charge in [-0.2, -0.15) is 0 Å². The van der Waals surface area contributed by atoms with Gasteiger partial charge in [0.1, 0.15) is 11.2 Å². The molecule has 0 N–H and O–H groups in total. The van der Waals surface area contributed by atoms with Crippen LogP contribution in [0.2, 0.25) is 0 Å². The molecule has 0 saturated heterocycles. The van der Waals surface area contributed by atoms with Crippen molar-refractivity contribution in [1.82, 2.24) is 15.0 Å². The summed E-state index contributed by atoms with van der Waals surface area (Å²) in [5.41, 5.74) is 9.02. The third-order valence-corrected chi connectivity index (χ3v) is 16.9. The first kappa shape index (κ1) is 37.3. The van der Waals surface area contributed by atoms with Gasteiger partial charge in [-0.1, -0.05) is 200 Å². The summed E-state index contributed by atoms with van der Waals surface area (Å²) in [5, 5.41) is 7.76. The molecule has 0 atom stereocenters. The lowest BCUT2D eigenvalue weighted by atomic mass is 9.97. The second-order valence-electron chi connectivity index (χ2n) is 15.8. The molecule has 2 aromatic heterocycles. The van der Waals surface area contributed by atoms with E-state index in [-0.39, 0.29) is 0 Å². The molecule has 0 bridgehead atoms. The topological polar surface area (TPSA) is 51.8 Å². The van der Waals surface area contributed by atoms with Gasteiger partial charge in [0.15, 0.2) is 25.5 Å². The molecule has 294 valence electrons. The highest BCUT2D eigenvalue weighted by atomic mass is 28.3. The minimum absolute atomic E-state index is 0.630. The molecule has 0 spiro atoms. The lowest BCUT2D eigenvalue weighted by molar-refractivity contribution is 0.669. The molecule has 5 heteroatoms. The number of aromatic nitrogens is 3. The molecule has 62 heavy (non-hydrogen) atoms.